The number of benzene rings is 2. The molecule has 0 aliphatic carbocycles. The van der Waals surface area contributed by atoms with Crippen LogP contribution in [0.25, 0.3) is 0 Å². The average molecular weight is 499 g/mol. The van der Waals surface area contributed by atoms with E-state index in [1.54, 1.807) is 0 Å². The number of piperazine rings is 1. The fourth-order valence-electron chi connectivity index (χ4n) is 4.98. The molecule has 6 heteroatoms. The molecule has 5 rings (SSSR count). The molecule has 37 heavy (non-hydrogen) atoms. The molecule has 194 valence electrons. The summed E-state index contributed by atoms with van der Waals surface area (Å²) in [5.74, 6) is 7.69. The van der Waals surface area contributed by atoms with Crippen LogP contribution >= 0.6 is 0 Å². The van der Waals surface area contributed by atoms with E-state index in [-0.39, 0.29) is 12.4 Å². The molecule has 3 heterocycles. The molecule has 2 aliphatic rings. The summed E-state index contributed by atoms with van der Waals surface area (Å²) in [5, 5.41) is 0. The minimum absolute atomic E-state index is 0.138. The van der Waals surface area contributed by atoms with E-state index < -0.39 is 0 Å². The Hall–Kier alpha value is -2.95. The van der Waals surface area contributed by atoms with Crippen molar-refractivity contribution in [2.45, 2.75) is 51.7 Å². The van der Waals surface area contributed by atoms with Crippen molar-refractivity contribution >= 4 is 0 Å². The average Bonchev–Trinajstić information content (AvgIpc) is 3.39. The van der Waals surface area contributed by atoms with E-state index in [1.807, 2.05) is 18.5 Å². The molecular weight excluding hydrogens is 460 g/mol. The highest BCUT2D eigenvalue weighted by Gasteiger charge is 2.21. The van der Waals surface area contributed by atoms with Gasteiger partial charge in [-0.05, 0) is 62.6 Å². The molecular formula is C31H38N4O2. The molecule has 6 nitrogen and oxygen atoms in total. The van der Waals surface area contributed by atoms with E-state index in [9.17, 15) is 0 Å². The quantitative estimate of drug-likeness (QED) is 0.443. The van der Waals surface area contributed by atoms with Crippen LogP contribution < -0.4 is 0 Å². The highest BCUT2D eigenvalue weighted by atomic mass is 16.7. The summed E-state index contributed by atoms with van der Waals surface area (Å²) in [5.41, 5.74) is 4.59. The van der Waals surface area contributed by atoms with Crippen LogP contribution in [0.3, 0.4) is 0 Å². The molecule has 3 aromatic rings. The maximum absolute atomic E-state index is 6.17. The van der Waals surface area contributed by atoms with Gasteiger partial charge in [-0.25, -0.2) is 4.98 Å². The summed E-state index contributed by atoms with van der Waals surface area (Å²) in [4.78, 5) is 9.51. The Bertz CT molecular complexity index is 1200. The second-order valence-corrected chi connectivity index (χ2v) is 10.2. The van der Waals surface area contributed by atoms with Crippen LogP contribution in [0.15, 0.2) is 60.9 Å². The molecule has 0 bridgehead atoms. The second kappa shape index (κ2) is 12.5. The van der Waals surface area contributed by atoms with Crippen molar-refractivity contribution < 1.29 is 9.47 Å². The molecule has 2 fully saturated rings. The fourth-order valence-corrected chi connectivity index (χ4v) is 4.98. The molecule has 1 unspecified atom stereocenters. The summed E-state index contributed by atoms with van der Waals surface area (Å²) < 4.78 is 14.1. The van der Waals surface area contributed by atoms with Gasteiger partial charge in [-0.1, -0.05) is 42.2 Å². The van der Waals surface area contributed by atoms with Gasteiger partial charge in [0, 0.05) is 62.9 Å². The Labute approximate surface area is 221 Å². The van der Waals surface area contributed by atoms with Crippen molar-refractivity contribution in [2.24, 2.45) is 0 Å². The fraction of sp³-hybridized carbons (Fsp3) is 0.452. The van der Waals surface area contributed by atoms with Crippen molar-refractivity contribution in [2.75, 3.05) is 39.8 Å². The lowest BCUT2D eigenvalue weighted by atomic mass is 10.1. The third kappa shape index (κ3) is 7.09. The number of imidazole rings is 1. The van der Waals surface area contributed by atoms with Crippen LogP contribution in [0.5, 0.6) is 0 Å². The third-order valence-corrected chi connectivity index (χ3v) is 7.26. The number of aromatic nitrogens is 2. The molecule has 0 saturated carbocycles. The number of hydrogen-bond donors (Lipinski definition) is 0. The third-order valence-electron chi connectivity index (χ3n) is 7.26. The van der Waals surface area contributed by atoms with Crippen molar-refractivity contribution in [3.05, 3.63) is 89.0 Å². The zero-order valence-electron chi connectivity index (χ0n) is 22.1. The first-order valence-electron chi connectivity index (χ1n) is 13.5. The Kier molecular flexibility index (Phi) is 8.70. The minimum Gasteiger partial charge on any atom is -0.353 e. The Morgan fingerprint density at radius 1 is 1.00 bits per heavy atom. The predicted octanol–water partition coefficient (Wildman–Crippen LogP) is 4.68. The van der Waals surface area contributed by atoms with Crippen LogP contribution in [-0.4, -0.2) is 65.5 Å². The maximum Gasteiger partial charge on any atom is 0.158 e. The van der Waals surface area contributed by atoms with Gasteiger partial charge in [0.2, 0.25) is 0 Å². The van der Waals surface area contributed by atoms with E-state index >= 15 is 0 Å². The van der Waals surface area contributed by atoms with Crippen LogP contribution in [-0.2, 0) is 22.6 Å². The molecule has 0 radical (unpaired) electrons. The monoisotopic (exact) mass is 498 g/mol. The van der Waals surface area contributed by atoms with Gasteiger partial charge in [0.15, 0.2) is 6.29 Å². The van der Waals surface area contributed by atoms with Crippen LogP contribution in [0.1, 0.15) is 60.4 Å². The van der Waals surface area contributed by atoms with Gasteiger partial charge in [0.05, 0.1) is 6.54 Å². The lowest BCUT2D eigenvalue weighted by Gasteiger charge is -2.32. The first-order chi connectivity index (χ1) is 18.1. The highest BCUT2D eigenvalue weighted by Crippen LogP contribution is 2.23. The molecule has 2 saturated heterocycles. The van der Waals surface area contributed by atoms with E-state index in [1.165, 1.54) is 11.1 Å². The maximum atomic E-state index is 6.17. The smallest absolute Gasteiger partial charge is 0.158 e. The summed E-state index contributed by atoms with van der Waals surface area (Å²) in [6.07, 6.45) is 6.79. The summed E-state index contributed by atoms with van der Waals surface area (Å²) in [6, 6.07) is 17.1. The van der Waals surface area contributed by atoms with E-state index in [2.05, 4.69) is 87.6 Å². The first kappa shape index (κ1) is 25.7. The van der Waals surface area contributed by atoms with Crippen molar-refractivity contribution in [1.29, 1.82) is 0 Å². The molecule has 0 spiro atoms. The molecule has 1 aromatic heterocycles. The largest absolute Gasteiger partial charge is 0.353 e. The molecule has 2 aliphatic heterocycles. The number of nitrogens with zero attached hydrogens (tertiary/aromatic N) is 4. The van der Waals surface area contributed by atoms with Crippen molar-refractivity contribution in [3.63, 3.8) is 0 Å². The first-order valence-corrected chi connectivity index (χ1v) is 13.5. The van der Waals surface area contributed by atoms with Gasteiger partial charge in [0.1, 0.15) is 11.9 Å². The van der Waals surface area contributed by atoms with Gasteiger partial charge < -0.3 is 18.9 Å². The molecule has 0 amide bonds. The van der Waals surface area contributed by atoms with E-state index in [4.69, 9.17) is 9.47 Å². The van der Waals surface area contributed by atoms with Gasteiger partial charge in [-0.3, -0.25) is 4.90 Å². The summed E-state index contributed by atoms with van der Waals surface area (Å²) >= 11 is 0. The van der Waals surface area contributed by atoms with Crippen LogP contribution in [0.2, 0.25) is 0 Å². The van der Waals surface area contributed by atoms with E-state index in [0.717, 1.165) is 75.5 Å². The number of hydrogen-bond acceptors (Lipinski definition) is 5. The summed E-state index contributed by atoms with van der Waals surface area (Å²) in [7, 11) is 2.19. The standard InChI is InChI=1S/C31H38N4O2/c1-25(37-30-9-5-6-22-36-30)31-32-16-17-35(31)24-29-8-4-3-7-28(29)15-14-26-10-12-27(13-11-26)23-34-20-18-33(2)19-21-34/h3-4,7-8,10-13,16-17,25,30H,5-6,9,18-24H2,1-2H3/t25-,30?/m0/s1. The SMILES string of the molecule is C[C@H](OC1CCCCO1)c1nccn1Cc1ccccc1C#Cc1ccc(CN2CCN(C)CC2)cc1. The minimum atomic E-state index is -0.139. The predicted molar refractivity (Wildman–Crippen MR) is 146 cm³/mol. The van der Waals surface area contributed by atoms with Crippen LogP contribution in [0, 0.1) is 11.8 Å². The van der Waals surface area contributed by atoms with Crippen LogP contribution in [0.4, 0.5) is 0 Å². The van der Waals surface area contributed by atoms with Gasteiger partial charge in [-0.2, -0.15) is 0 Å². The lowest BCUT2D eigenvalue weighted by Crippen LogP contribution is -2.43. The normalized spacial score (nSPS) is 19.8. The van der Waals surface area contributed by atoms with Gasteiger partial charge >= 0.3 is 0 Å². The second-order valence-electron chi connectivity index (χ2n) is 10.2. The summed E-state index contributed by atoms with van der Waals surface area (Å²) in [6.45, 7) is 9.08. The zero-order chi connectivity index (χ0) is 25.5. The number of rotatable bonds is 7. The van der Waals surface area contributed by atoms with E-state index in [0.29, 0.717) is 6.54 Å². The highest BCUT2D eigenvalue weighted by molar-refractivity contribution is 5.47. The topological polar surface area (TPSA) is 42.8 Å². The Balaban J connectivity index is 1.23. The Morgan fingerprint density at radius 2 is 1.81 bits per heavy atom. The number of ether oxygens (including phenoxy) is 2. The van der Waals surface area contributed by atoms with Crippen molar-refractivity contribution in [1.82, 2.24) is 19.4 Å². The molecule has 2 atom stereocenters. The van der Waals surface area contributed by atoms with Gasteiger partial charge in [-0.15, -0.1) is 0 Å². The molecule has 0 N–H and O–H groups in total. The van der Waals surface area contributed by atoms with Gasteiger partial charge in [0.25, 0.3) is 0 Å². The number of likely N-dealkylation sites (N-methyl/N-ethyl adjacent to an activating group) is 1. The zero-order valence-corrected chi connectivity index (χ0v) is 22.1. The molecule has 2 aromatic carbocycles. The lowest BCUT2D eigenvalue weighted by molar-refractivity contribution is -0.188. The van der Waals surface area contributed by atoms with Crippen molar-refractivity contribution in [3.8, 4) is 11.8 Å². The Morgan fingerprint density at radius 3 is 2.59 bits per heavy atom.